The van der Waals surface area contributed by atoms with Gasteiger partial charge >= 0.3 is 5.97 Å². The molecule has 0 radical (unpaired) electrons. The molecule has 0 unspecified atom stereocenters. The lowest BCUT2D eigenvalue weighted by Gasteiger charge is -2.13. The molecule has 0 N–H and O–H groups in total. The summed E-state index contributed by atoms with van der Waals surface area (Å²) in [5.74, 6) is -0.731. The van der Waals surface area contributed by atoms with E-state index in [1.807, 2.05) is 0 Å². The summed E-state index contributed by atoms with van der Waals surface area (Å²) in [5, 5.41) is 0.408. The molecule has 6 nitrogen and oxygen atoms in total. The Morgan fingerprint density at radius 1 is 1.00 bits per heavy atom. The van der Waals surface area contributed by atoms with Gasteiger partial charge in [0, 0.05) is 10.6 Å². The predicted octanol–water partition coefficient (Wildman–Crippen LogP) is 6.46. The van der Waals surface area contributed by atoms with Crippen molar-refractivity contribution in [1.29, 1.82) is 0 Å². The lowest BCUT2D eigenvalue weighted by atomic mass is 10.1. The third-order valence-corrected chi connectivity index (χ3v) is 6.42. The number of rotatable bonds is 6. The summed E-state index contributed by atoms with van der Waals surface area (Å²) in [6.45, 7) is 0.117. The molecule has 0 bridgehead atoms. The average molecular weight is 514 g/mol. The predicted molar refractivity (Wildman–Crippen MR) is 132 cm³/mol. The Hall–Kier alpha value is -3.26. The standard InChI is InChI=1S/C25H17Cl2NO5S/c1-32-20-8-4-5-16(22(20)33-24(30)18-6-2-3-7-19(18)27)13-21-23(29)28(25(31)34-21)14-15-9-11-17(26)12-10-15/h2-13H,14H2,1H3/b21-13-. The molecular weight excluding hydrogens is 497 g/mol. The largest absolute Gasteiger partial charge is 0.493 e. The Kier molecular flexibility index (Phi) is 7.26. The summed E-state index contributed by atoms with van der Waals surface area (Å²) < 4.78 is 11.0. The second-order valence-electron chi connectivity index (χ2n) is 7.14. The molecule has 34 heavy (non-hydrogen) atoms. The van der Waals surface area contributed by atoms with Crippen LogP contribution < -0.4 is 9.47 Å². The van der Waals surface area contributed by atoms with Crippen molar-refractivity contribution in [2.75, 3.05) is 7.11 Å². The molecule has 4 rings (SSSR count). The van der Waals surface area contributed by atoms with E-state index in [0.29, 0.717) is 10.6 Å². The van der Waals surface area contributed by atoms with Gasteiger partial charge in [0.1, 0.15) is 0 Å². The quantitative estimate of drug-likeness (QED) is 0.214. The minimum absolute atomic E-state index is 0.111. The second kappa shape index (κ2) is 10.3. The number of esters is 1. The number of benzene rings is 3. The van der Waals surface area contributed by atoms with Crippen molar-refractivity contribution < 1.29 is 23.9 Å². The molecule has 1 heterocycles. The minimum atomic E-state index is -0.680. The summed E-state index contributed by atoms with van der Waals surface area (Å²) in [6.07, 6.45) is 1.50. The Morgan fingerprint density at radius 2 is 1.74 bits per heavy atom. The lowest BCUT2D eigenvalue weighted by molar-refractivity contribution is -0.123. The molecule has 0 aromatic heterocycles. The van der Waals surface area contributed by atoms with Gasteiger partial charge in [-0.25, -0.2) is 4.79 Å². The molecule has 0 saturated carbocycles. The lowest BCUT2D eigenvalue weighted by Crippen LogP contribution is -2.27. The summed E-state index contributed by atoms with van der Waals surface area (Å²) in [5.41, 5.74) is 1.35. The first-order valence-corrected chi connectivity index (χ1v) is 11.6. The Labute approximate surface area is 210 Å². The number of carbonyl (C=O) groups excluding carboxylic acids is 3. The third-order valence-electron chi connectivity index (χ3n) is 4.93. The van der Waals surface area contributed by atoms with Crippen LogP contribution in [0.4, 0.5) is 4.79 Å². The molecule has 0 spiro atoms. The smallest absolute Gasteiger partial charge is 0.345 e. The zero-order valence-electron chi connectivity index (χ0n) is 17.8. The topological polar surface area (TPSA) is 72.9 Å². The van der Waals surface area contributed by atoms with Gasteiger partial charge in [0.2, 0.25) is 0 Å². The number of thioether (sulfide) groups is 1. The fourth-order valence-corrected chi connectivity index (χ4v) is 4.41. The van der Waals surface area contributed by atoms with Crippen LogP contribution in [0.2, 0.25) is 10.0 Å². The van der Waals surface area contributed by atoms with Crippen LogP contribution in [0.5, 0.6) is 11.5 Å². The number of amides is 2. The number of ether oxygens (including phenoxy) is 2. The highest BCUT2D eigenvalue weighted by atomic mass is 35.5. The summed E-state index contributed by atoms with van der Waals surface area (Å²) in [6, 6.07) is 18.4. The molecular formula is C25H17Cl2NO5S. The van der Waals surface area contributed by atoms with Crippen LogP contribution in [0.15, 0.2) is 71.6 Å². The number of nitrogens with zero attached hydrogens (tertiary/aromatic N) is 1. The van der Waals surface area contributed by atoms with E-state index in [1.54, 1.807) is 66.7 Å². The van der Waals surface area contributed by atoms with E-state index in [0.717, 1.165) is 22.2 Å². The monoisotopic (exact) mass is 513 g/mol. The zero-order valence-corrected chi connectivity index (χ0v) is 20.1. The number of carbonyl (C=O) groups is 3. The van der Waals surface area contributed by atoms with Gasteiger partial charge in [0.15, 0.2) is 11.5 Å². The number of imide groups is 1. The summed E-state index contributed by atoms with van der Waals surface area (Å²) >= 11 is 12.8. The van der Waals surface area contributed by atoms with Gasteiger partial charge in [-0.15, -0.1) is 0 Å². The van der Waals surface area contributed by atoms with Crippen molar-refractivity contribution >= 4 is 58.2 Å². The van der Waals surface area contributed by atoms with Gasteiger partial charge in [-0.1, -0.05) is 59.6 Å². The van der Waals surface area contributed by atoms with Crippen molar-refractivity contribution in [2.45, 2.75) is 6.54 Å². The molecule has 1 aliphatic heterocycles. The maximum absolute atomic E-state index is 13.0. The third kappa shape index (κ3) is 5.12. The summed E-state index contributed by atoms with van der Waals surface area (Å²) in [7, 11) is 1.44. The maximum atomic E-state index is 13.0. The van der Waals surface area contributed by atoms with Gasteiger partial charge < -0.3 is 9.47 Å². The van der Waals surface area contributed by atoms with Crippen molar-refractivity contribution in [2.24, 2.45) is 0 Å². The minimum Gasteiger partial charge on any atom is -0.493 e. The van der Waals surface area contributed by atoms with E-state index < -0.39 is 17.1 Å². The normalized spacial score (nSPS) is 14.6. The fourth-order valence-electron chi connectivity index (χ4n) is 3.24. The average Bonchev–Trinajstić information content (AvgIpc) is 3.09. The maximum Gasteiger partial charge on any atom is 0.345 e. The van der Waals surface area contributed by atoms with Gasteiger partial charge in [-0.3, -0.25) is 14.5 Å². The van der Waals surface area contributed by atoms with Crippen LogP contribution in [0.25, 0.3) is 6.08 Å². The fraction of sp³-hybridized carbons (Fsp3) is 0.0800. The van der Waals surface area contributed by atoms with E-state index >= 15 is 0 Å². The van der Waals surface area contributed by atoms with E-state index in [1.165, 1.54) is 13.2 Å². The van der Waals surface area contributed by atoms with Crippen molar-refractivity contribution in [3.05, 3.63) is 98.4 Å². The molecule has 1 saturated heterocycles. The van der Waals surface area contributed by atoms with Gasteiger partial charge in [-0.2, -0.15) is 0 Å². The Bertz CT molecular complexity index is 1310. The van der Waals surface area contributed by atoms with Crippen molar-refractivity contribution in [1.82, 2.24) is 4.90 Å². The van der Waals surface area contributed by atoms with E-state index in [-0.39, 0.29) is 33.5 Å². The van der Waals surface area contributed by atoms with Crippen LogP contribution in [-0.2, 0) is 11.3 Å². The highest BCUT2D eigenvalue weighted by molar-refractivity contribution is 8.18. The first-order valence-electron chi connectivity index (χ1n) is 10.0. The van der Waals surface area contributed by atoms with E-state index in [9.17, 15) is 14.4 Å². The van der Waals surface area contributed by atoms with Crippen LogP contribution in [0.1, 0.15) is 21.5 Å². The molecule has 1 fully saturated rings. The number of hydrogen-bond donors (Lipinski definition) is 0. The van der Waals surface area contributed by atoms with Gasteiger partial charge in [0.05, 0.1) is 29.1 Å². The zero-order chi connectivity index (χ0) is 24.2. The van der Waals surface area contributed by atoms with Crippen molar-refractivity contribution in [3.8, 4) is 11.5 Å². The van der Waals surface area contributed by atoms with Crippen molar-refractivity contribution in [3.63, 3.8) is 0 Å². The number of halogens is 2. The molecule has 3 aromatic carbocycles. The SMILES string of the molecule is COc1cccc(/C=C2\SC(=O)N(Cc3ccc(Cl)cc3)C2=O)c1OC(=O)c1ccccc1Cl. The highest BCUT2D eigenvalue weighted by Gasteiger charge is 2.35. The van der Waals surface area contributed by atoms with Crippen LogP contribution in [-0.4, -0.2) is 29.1 Å². The van der Waals surface area contributed by atoms with Crippen LogP contribution >= 0.6 is 35.0 Å². The molecule has 0 atom stereocenters. The highest BCUT2D eigenvalue weighted by Crippen LogP contribution is 2.38. The first-order chi connectivity index (χ1) is 16.4. The number of para-hydroxylation sites is 1. The number of methoxy groups -OCH3 is 1. The molecule has 172 valence electrons. The Morgan fingerprint density at radius 3 is 2.44 bits per heavy atom. The van der Waals surface area contributed by atoms with Gasteiger partial charge in [-0.05, 0) is 53.7 Å². The summed E-state index contributed by atoms with van der Waals surface area (Å²) in [4.78, 5) is 39.6. The van der Waals surface area contributed by atoms with Crippen LogP contribution in [0, 0.1) is 0 Å². The molecule has 1 aliphatic rings. The Balaban J connectivity index is 1.63. The van der Waals surface area contributed by atoms with Crippen LogP contribution in [0.3, 0.4) is 0 Å². The molecule has 2 amide bonds. The molecule has 9 heteroatoms. The second-order valence-corrected chi connectivity index (χ2v) is 8.98. The van der Waals surface area contributed by atoms with E-state index in [2.05, 4.69) is 0 Å². The first kappa shape index (κ1) is 23.9. The molecule has 0 aliphatic carbocycles. The molecule has 3 aromatic rings. The number of hydrogen-bond acceptors (Lipinski definition) is 6. The van der Waals surface area contributed by atoms with E-state index in [4.69, 9.17) is 32.7 Å². The van der Waals surface area contributed by atoms with Gasteiger partial charge in [0.25, 0.3) is 11.1 Å².